The maximum absolute atomic E-state index is 13.0. The first-order valence-corrected chi connectivity index (χ1v) is 7.38. The molecule has 1 fully saturated rings. The van der Waals surface area contributed by atoms with Gasteiger partial charge < -0.3 is 9.84 Å². The average Bonchev–Trinajstić information content (AvgIpc) is 3.15. The van der Waals surface area contributed by atoms with E-state index in [2.05, 4.69) is 10.00 Å². The van der Waals surface area contributed by atoms with E-state index in [1.54, 1.807) is 23.9 Å². The van der Waals surface area contributed by atoms with Crippen molar-refractivity contribution in [3.8, 4) is 5.69 Å². The Hall–Kier alpha value is -1.76. The van der Waals surface area contributed by atoms with E-state index in [0.29, 0.717) is 6.54 Å². The Bertz CT molecular complexity index is 614. The van der Waals surface area contributed by atoms with Crippen LogP contribution >= 0.6 is 0 Å². The molecule has 3 rings (SSSR count). The van der Waals surface area contributed by atoms with E-state index in [1.165, 1.54) is 12.1 Å². The molecule has 1 aliphatic heterocycles. The lowest BCUT2D eigenvalue weighted by Crippen LogP contribution is -2.32. The third kappa shape index (κ3) is 3.19. The number of aliphatic hydroxyl groups is 1. The zero-order chi connectivity index (χ0) is 15.5. The second-order valence-electron chi connectivity index (χ2n) is 5.59. The first-order valence-electron chi connectivity index (χ1n) is 7.38. The quantitative estimate of drug-likeness (QED) is 0.911. The number of hydrogen-bond donors (Lipinski definition) is 1. The fourth-order valence-corrected chi connectivity index (χ4v) is 2.88. The number of hydrogen-bond acceptors (Lipinski definition) is 4. The van der Waals surface area contributed by atoms with Crippen LogP contribution in [0.5, 0.6) is 0 Å². The van der Waals surface area contributed by atoms with Gasteiger partial charge in [0.25, 0.3) is 0 Å². The fourth-order valence-electron chi connectivity index (χ4n) is 2.88. The summed E-state index contributed by atoms with van der Waals surface area (Å²) in [5.74, 6) is -0.260. The van der Waals surface area contributed by atoms with Crippen molar-refractivity contribution >= 4 is 0 Å². The van der Waals surface area contributed by atoms with E-state index < -0.39 is 0 Å². The maximum atomic E-state index is 13.0. The first-order chi connectivity index (χ1) is 10.7. The predicted octanol–water partition coefficient (Wildman–Crippen LogP) is 1.59. The van der Waals surface area contributed by atoms with Crippen molar-refractivity contribution in [1.29, 1.82) is 0 Å². The van der Waals surface area contributed by atoms with E-state index >= 15 is 0 Å². The van der Waals surface area contributed by atoms with E-state index in [1.807, 2.05) is 12.3 Å². The van der Waals surface area contributed by atoms with Gasteiger partial charge >= 0.3 is 0 Å². The fraction of sp³-hybridized carbons (Fsp3) is 0.438. The molecule has 118 valence electrons. The monoisotopic (exact) mass is 305 g/mol. The Morgan fingerprint density at radius 2 is 2.09 bits per heavy atom. The Morgan fingerprint density at radius 3 is 2.77 bits per heavy atom. The molecule has 1 N–H and O–H groups in total. The molecule has 0 saturated carbocycles. The van der Waals surface area contributed by atoms with Crippen LogP contribution in [0.4, 0.5) is 4.39 Å². The summed E-state index contributed by atoms with van der Waals surface area (Å²) in [6.07, 6.45) is 2.86. The predicted molar refractivity (Wildman–Crippen MR) is 80.2 cm³/mol. The molecule has 0 radical (unpaired) electrons. The minimum atomic E-state index is -0.260. The Balaban J connectivity index is 1.70. The minimum absolute atomic E-state index is 0.112. The molecule has 2 aromatic rings. The summed E-state index contributed by atoms with van der Waals surface area (Å²) in [7, 11) is 1.70. The van der Waals surface area contributed by atoms with Crippen LogP contribution in [0.2, 0.25) is 0 Å². The summed E-state index contributed by atoms with van der Waals surface area (Å²) in [5.41, 5.74) is 1.74. The van der Waals surface area contributed by atoms with E-state index in [0.717, 1.165) is 24.3 Å². The van der Waals surface area contributed by atoms with Crippen LogP contribution in [-0.2, 0) is 11.3 Å². The summed E-state index contributed by atoms with van der Waals surface area (Å²) in [4.78, 5) is 2.19. The van der Waals surface area contributed by atoms with E-state index in [4.69, 9.17) is 4.74 Å². The van der Waals surface area contributed by atoms with Gasteiger partial charge in [-0.3, -0.25) is 4.90 Å². The lowest BCUT2D eigenvalue weighted by atomic mass is 10.2. The summed E-state index contributed by atoms with van der Waals surface area (Å²) >= 11 is 0. The number of benzene rings is 1. The molecular formula is C16H20FN3O2. The highest BCUT2D eigenvalue weighted by Crippen LogP contribution is 2.21. The number of ether oxygens (including phenoxy) is 1. The van der Waals surface area contributed by atoms with Gasteiger partial charge in [0.1, 0.15) is 5.82 Å². The van der Waals surface area contributed by atoms with Gasteiger partial charge in [0.05, 0.1) is 24.1 Å². The van der Waals surface area contributed by atoms with Crippen LogP contribution < -0.4 is 0 Å². The van der Waals surface area contributed by atoms with E-state index in [9.17, 15) is 9.50 Å². The number of aliphatic hydroxyl groups excluding tert-OH is 1. The topological polar surface area (TPSA) is 50.5 Å². The van der Waals surface area contributed by atoms with Gasteiger partial charge in [0.15, 0.2) is 0 Å². The number of rotatable bonds is 5. The molecular weight excluding hydrogens is 285 g/mol. The molecule has 22 heavy (non-hydrogen) atoms. The SMILES string of the molecule is CO[C@H]1C[C@@H](CO)N(Cc2ccn(-c3ccc(F)cc3)n2)C1. The van der Waals surface area contributed by atoms with Crippen molar-refractivity contribution in [2.75, 3.05) is 20.3 Å². The molecule has 2 heterocycles. The third-order valence-electron chi connectivity index (χ3n) is 4.13. The zero-order valence-corrected chi connectivity index (χ0v) is 12.5. The molecule has 5 nitrogen and oxygen atoms in total. The summed E-state index contributed by atoms with van der Waals surface area (Å²) in [6, 6.07) is 8.28. The first kappa shape index (κ1) is 15.1. The van der Waals surface area contributed by atoms with Gasteiger partial charge in [-0.15, -0.1) is 0 Å². The van der Waals surface area contributed by atoms with Crippen molar-refractivity contribution in [1.82, 2.24) is 14.7 Å². The van der Waals surface area contributed by atoms with Crippen molar-refractivity contribution in [2.45, 2.75) is 25.1 Å². The second kappa shape index (κ2) is 6.56. The van der Waals surface area contributed by atoms with Crippen LogP contribution in [0.1, 0.15) is 12.1 Å². The summed E-state index contributed by atoms with van der Waals surface area (Å²) in [5, 5.41) is 14.0. The number of methoxy groups -OCH3 is 1. The van der Waals surface area contributed by atoms with Gasteiger partial charge in [-0.2, -0.15) is 5.10 Å². The molecule has 1 aromatic carbocycles. The largest absolute Gasteiger partial charge is 0.395 e. The third-order valence-corrected chi connectivity index (χ3v) is 4.13. The highest BCUT2D eigenvalue weighted by Gasteiger charge is 2.31. The Morgan fingerprint density at radius 1 is 1.32 bits per heavy atom. The molecule has 0 unspecified atom stereocenters. The molecule has 0 bridgehead atoms. The molecule has 6 heteroatoms. The molecule has 0 spiro atoms. The number of halogens is 1. The lowest BCUT2D eigenvalue weighted by molar-refractivity contribution is 0.107. The number of likely N-dealkylation sites (tertiary alicyclic amines) is 1. The molecule has 0 amide bonds. The smallest absolute Gasteiger partial charge is 0.123 e. The van der Waals surface area contributed by atoms with Crippen LogP contribution in [0.15, 0.2) is 36.5 Å². The zero-order valence-electron chi connectivity index (χ0n) is 12.5. The molecule has 1 saturated heterocycles. The van der Waals surface area contributed by atoms with Crippen molar-refractivity contribution < 1.29 is 14.2 Å². The molecule has 1 aromatic heterocycles. The molecule has 0 aliphatic carbocycles. The van der Waals surface area contributed by atoms with Crippen LogP contribution in [0, 0.1) is 5.82 Å². The van der Waals surface area contributed by atoms with Crippen LogP contribution in [-0.4, -0.2) is 52.2 Å². The maximum Gasteiger partial charge on any atom is 0.123 e. The van der Waals surface area contributed by atoms with Crippen LogP contribution in [0.3, 0.4) is 0 Å². The molecule has 1 aliphatic rings. The van der Waals surface area contributed by atoms with Gasteiger partial charge in [0.2, 0.25) is 0 Å². The van der Waals surface area contributed by atoms with E-state index in [-0.39, 0.29) is 24.6 Å². The van der Waals surface area contributed by atoms with Gasteiger partial charge in [0, 0.05) is 32.4 Å². The molecule has 2 atom stereocenters. The van der Waals surface area contributed by atoms with Crippen molar-refractivity contribution in [3.63, 3.8) is 0 Å². The normalized spacial score (nSPS) is 22.3. The second-order valence-corrected chi connectivity index (χ2v) is 5.59. The summed E-state index contributed by atoms with van der Waals surface area (Å²) in [6.45, 7) is 1.59. The Kier molecular flexibility index (Phi) is 4.52. The lowest BCUT2D eigenvalue weighted by Gasteiger charge is -2.20. The van der Waals surface area contributed by atoms with Crippen molar-refractivity contribution in [3.05, 3.63) is 48.0 Å². The number of nitrogens with zero attached hydrogens (tertiary/aromatic N) is 3. The minimum Gasteiger partial charge on any atom is -0.395 e. The average molecular weight is 305 g/mol. The van der Waals surface area contributed by atoms with Gasteiger partial charge in [-0.05, 0) is 36.8 Å². The van der Waals surface area contributed by atoms with Crippen LogP contribution in [0.25, 0.3) is 5.69 Å². The van der Waals surface area contributed by atoms with Gasteiger partial charge in [-0.25, -0.2) is 9.07 Å². The highest BCUT2D eigenvalue weighted by atomic mass is 19.1. The standard InChI is InChI=1S/C16H20FN3O2/c1-22-16-8-15(11-21)19(10-16)9-13-6-7-20(18-13)14-4-2-12(17)3-5-14/h2-7,15-16,21H,8-11H2,1H3/t15-,16-/m0/s1. The highest BCUT2D eigenvalue weighted by molar-refractivity contribution is 5.31. The number of aromatic nitrogens is 2. The van der Waals surface area contributed by atoms with Gasteiger partial charge in [-0.1, -0.05) is 0 Å². The summed E-state index contributed by atoms with van der Waals surface area (Å²) < 4.78 is 20.1. The Labute approximate surface area is 128 Å². The van der Waals surface area contributed by atoms with Crippen molar-refractivity contribution in [2.24, 2.45) is 0 Å².